The van der Waals surface area contributed by atoms with E-state index in [1.807, 2.05) is 0 Å². The van der Waals surface area contributed by atoms with Gasteiger partial charge in [0.2, 0.25) is 0 Å². The first kappa shape index (κ1) is 10.5. The van der Waals surface area contributed by atoms with E-state index in [1.165, 1.54) is 38.6 Å². The first-order valence-corrected chi connectivity index (χ1v) is 6.54. The van der Waals surface area contributed by atoms with Gasteiger partial charge < -0.3 is 5.32 Å². The van der Waals surface area contributed by atoms with Crippen LogP contribution in [-0.2, 0) is 0 Å². The molecule has 14 heavy (non-hydrogen) atoms. The molecule has 0 aliphatic heterocycles. The third kappa shape index (κ3) is 2.13. The van der Waals surface area contributed by atoms with Crippen molar-refractivity contribution in [2.45, 2.75) is 58.4 Å². The van der Waals surface area contributed by atoms with Gasteiger partial charge in [-0.3, -0.25) is 0 Å². The molecular weight excluding hydrogens is 170 g/mol. The molecule has 2 fully saturated rings. The van der Waals surface area contributed by atoms with Gasteiger partial charge >= 0.3 is 0 Å². The summed E-state index contributed by atoms with van der Waals surface area (Å²) in [5.41, 5.74) is 0. The molecule has 0 aromatic heterocycles. The summed E-state index contributed by atoms with van der Waals surface area (Å²) >= 11 is 0. The average molecular weight is 195 g/mol. The fourth-order valence-corrected chi connectivity index (χ4v) is 3.56. The van der Waals surface area contributed by atoms with E-state index < -0.39 is 0 Å². The number of nitrogens with one attached hydrogen (secondary N) is 1. The zero-order valence-electron chi connectivity index (χ0n) is 9.76. The number of hydrogen-bond acceptors (Lipinski definition) is 1. The Morgan fingerprint density at radius 3 is 2.71 bits per heavy atom. The number of fused-ring (bicyclic) bond motifs is 2. The van der Waals surface area contributed by atoms with Gasteiger partial charge in [-0.25, -0.2) is 0 Å². The quantitative estimate of drug-likeness (QED) is 0.664. The lowest BCUT2D eigenvalue weighted by molar-refractivity contribution is 0.260. The third-order valence-corrected chi connectivity index (χ3v) is 4.43. The molecule has 0 aromatic rings. The summed E-state index contributed by atoms with van der Waals surface area (Å²) in [5, 5.41) is 3.71. The molecule has 0 heterocycles. The molecule has 2 rings (SSSR count). The minimum atomic E-state index is 0.775. The lowest BCUT2D eigenvalue weighted by atomic mass is 9.84. The molecule has 0 amide bonds. The van der Waals surface area contributed by atoms with Gasteiger partial charge in [0, 0.05) is 6.04 Å². The number of unbranched alkanes of at least 4 members (excludes halogenated alkanes) is 1. The van der Waals surface area contributed by atoms with Crippen LogP contribution in [0, 0.1) is 17.8 Å². The topological polar surface area (TPSA) is 12.0 Å². The summed E-state index contributed by atoms with van der Waals surface area (Å²) in [6.45, 7) is 5.90. The zero-order valence-corrected chi connectivity index (χ0v) is 9.76. The predicted molar refractivity (Wildman–Crippen MR) is 61.3 cm³/mol. The molecule has 0 radical (unpaired) electrons. The van der Waals surface area contributed by atoms with Crippen molar-refractivity contribution in [3.05, 3.63) is 0 Å². The summed E-state index contributed by atoms with van der Waals surface area (Å²) in [6, 6.07) is 0.775. The summed E-state index contributed by atoms with van der Waals surface area (Å²) in [5.74, 6) is 3.18. The van der Waals surface area contributed by atoms with Crippen molar-refractivity contribution in [2.75, 3.05) is 6.54 Å². The molecular formula is C13H25N. The summed E-state index contributed by atoms with van der Waals surface area (Å²) in [7, 11) is 0. The van der Waals surface area contributed by atoms with Gasteiger partial charge in [0.25, 0.3) is 0 Å². The maximum absolute atomic E-state index is 3.71. The van der Waals surface area contributed by atoms with E-state index >= 15 is 0 Å². The molecule has 0 unspecified atom stereocenters. The SMILES string of the molecule is CCCCN[C@@H](C)[C@@H]1C[C@@H]2CC[C@@H]1C2. The second-order valence-corrected chi connectivity index (χ2v) is 5.44. The standard InChI is InChI=1S/C13H25N/c1-3-4-7-14-10(2)13-9-11-5-6-12(13)8-11/h10-14H,3-9H2,1-2H3/t10-,11+,12+,13-/m0/s1. The van der Waals surface area contributed by atoms with Crippen molar-refractivity contribution >= 4 is 0 Å². The second kappa shape index (κ2) is 4.65. The summed E-state index contributed by atoms with van der Waals surface area (Å²) in [4.78, 5) is 0. The Hall–Kier alpha value is -0.0400. The Morgan fingerprint density at radius 1 is 1.29 bits per heavy atom. The molecule has 1 N–H and O–H groups in total. The highest BCUT2D eigenvalue weighted by molar-refractivity contribution is 4.93. The molecule has 1 heteroatoms. The van der Waals surface area contributed by atoms with Gasteiger partial charge in [-0.15, -0.1) is 0 Å². The van der Waals surface area contributed by atoms with Crippen LogP contribution in [-0.4, -0.2) is 12.6 Å². The Labute approximate surface area is 88.7 Å². The molecule has 2 saturated carbocycles. The van der Waals surface area contributed by atoms with Crippen molar-refractivity contribution in [1.82, 2.24) is 5.32 Å². The van der Waals surface area contributed by atoms with E-state index in [-0.39, 0.29) is 0 Å². The van der Waals surface area contributed by atoms with Crippen molar-refractivity contribution in [3.63, 3.8) is 0 Å². The lowest BCUT2D eigenvalue weighted by Gasteiger charge is -2.28. The first-order valence-electron chi connectivity index (χ1n) is 6.54. The van der Waals surface area contributed by atoms with Crippen LogP contribution >= 0.6 is 0 Å². The molecule has 2 aliphatic rings. The van der Waals surface area contributed by atoms with Gasteiger partial charge in [0.1, 0.15) is 0 Å². The zero-order chi connectivity index (χ0) is 9.97. The molecule has 4 atom stereocenters. The van der Waals surface area contributed by atoms with Gasteiger partial charge in [-0.1, -0.05) is 19.8 Å². The smallest absolute Gasteiger partial charge is 0.00697 e. The molecule has 0 aromatic carbocycles. The Morgan fingerprint density at radius 2 is 2.14 bits per heavy atom. The van der Waals surface area contributed by atoms with E-state index in [9.17, 15) is 0 Å². The second-order valence-electron chi connectivity index (χ2n) is 5.44. The average Bonchev–Trinajstić information content (AvgIpc) is 2.79. The van der Waals surface area contributed by atoms with Crippen molar-refractivity contribution < 1.29 is 0 Å². The van der Waals surface area contributed by atoms with Crippen LogP contribution < -0.4 is 5.32 Å². The van der Waals surface area contributed by atoms with E-state index in [2.05, 4.69) is 19.2 Å². The lowest BCUT2D eigenvalue weighted by Crippen LogP contribution is -2.36. The highest BCUT2D eigenvalue weighted by Crippen LogP contribution is 2.49. The van der Waals surface area contributed by atoms with Crippen LogP contribution in [0.4, 0.5) is 0 Å². The summed E-state index contributed by atoms with van der Waals surface area (Å²) in [6.07, 6.45) is 8.77. The summed E-state index contributed by atoms with van der Waals surface area (Å²) < 4.78 is 0. The normalized spacial score (nSPS) is 37.7. The molecule has 0 saturated heterocycles. The Kier molecular flexibility index (Phi) is 3.48. The van der Waals surface area contributed by atoms with Crippen molar-refractivity contribution in [3.8, 4) is 0 Å². The van der Waals surface area contributed by atoms with Crippen molar-refractivity contribution in [2.24, 2.45) is 17.8 Å². The predicted octanol–water partition coefficient (Wildman–Crippen LogP) is 3.20. The molecule has 1 nitrogen and oxygen atoms in total. The number of rotatable bonds is 5. The van der Waals surface area contributed by atoms with Gasteiger partial charge in [-0.05, 0) is 56.9 Å². The maximum atomic E-state index is 3.71. The molecule has 0 spiro atoms. The fraction of sp³-hybridized carbons (Fsp3) is 1.00. The Bertz CT molecular complexity index is 178. The van der Waals surface area contributed by atoms with E-state index in [4.69, 9.17) is 0 Å². The van der Waals surface area contributed by atoms with Crippen LogP contribution in [0.1, 0.15) is 52.4 Å². The van der Waals surface area contributed by atoms with Gasteiger partial charge in [-0.2, -0.15) is 0 Å². The molecule has 2 bridgehead atoms. The van der Waals surface area contributed by atoms with Crippen LogP contribution in [0.25, 0.3) is 0 Å². The van der Waals surface area contributed by atoms with Gasteiger partial charge in [0.05, 0.1) is 0 Å². The van der Waals surface area contributed by atoms with E-state index in [0.29, 0.717) is 0 Å². The fourth-order valence-electron chi connectivity index (χ4n) is 3.56. The van der Waals surface area contributed by atoms with E-state index in [0.717, 1.165) is 23.8 Å². The molecule has 82 valence electrons. The van der Waals surface area contributed by atoms with E-state index in [1.54, 1.807) is 6.42 Å². The minimum absolute atomic E-state index is 0.775. The Balaban J connectivity index is 1.72. The van der Waals surface area contributed by atoms with Gasteiger partial charge in [0.15, 0.2) is 0 Å². The third-order valence-electron chi connectivity index (χ3n) is 4.43. The monoisotopic (exact) mass is 195 g/mol. The first-order chi connectivity index (χ1) is 6.81. The van der Waals surface area contributed by atoms with Crippen LogP contribution in [0.5, 0.6) is 0 Å². The highest BCUT2D eigenvalue weighted by atomic mass is 14.9. The minimum Gasteiger partial charge on any atom is -0.314 e. The van der Waals surface area contributed by atoms with Crippen LogP contribution in [0.3, 0.4) is 0 Å². The van der Waals surface area contributed by atoms with Crippen LogP contribution in [0.2, 0.25) is 0 Å². The maximum Gasteiger partial charge on any atom is 0.00697 e. The largest absolute Gasteiger partial charge is 0.314 e. The van der Waals surface area contributed by atoms with Crippen molar-refractivity contribution in [1.29, 1.82) is 0 Å². The number of hydrogen-bond donors (Lipinski definition) is 1. The highest BCUT2D eigenvalue weighted by Gasteiger charge is 2.41. The van der Waals surface area contributed by atoms with Crippen LogP contribution in [0.15, 0.2) is 0 Å². The molecule has 2 aliphatic carbocycles.